The standard InChI is InChI=1S/C20H24ClF2N3.C14H14ClF2N3.C2HF3O2/c1-13-19(21)18-16(23)11-14(22)12-17(18)24-20(13)26-9-7-25(8-10-26)15-5-3-2-4-6-15;1-8-13(15)12-10(17)6-9(16)7-11(12)19-14(8)20-4-2-18-3-5-20;3-2(4,5)1(6)7/h11-12,15H,2-10H2,1H3;6-7,18H,2-5H2,1H3;(H,6,7). The van der Waals surface area contributed by atoms with Gasteiger partial charge >= 0.3 is 12.1 Å². The molecule has 4 aromatic rings. The van der Waals surface area contributed by atoms with Crippen LogP contribution in [0.1, 0.15) is 43.2 Å². The highest BCUT2D eigenvalue weighted by Gasteiger charge is 2.38. The van der Waals surface area contributed by atoms with E-state index in [4.69, 9.17) is 33.1 Å². The number of pyridine rings is 2. The number of aliphatic carboxylic acids is 1. The predicted molar refractivity (Wildman–Crippen MR) is 192 cm³/mol. The second-order valence-electron chi connectivity index (χ2n) is 13.2. The third kappa shape index (κ3) is 9.53. The lowest BCUT2D eigenvalue weighted by Gasteiger charge is -2.41. The van der Waals surface area contributed by atoms with Crippen LogP contribution in [0, 0.1) is 37.1 Å². The Morgan fingerprint density at radius 1 is 0.736 bits per heavy atom. The molecule has 2 aromatic heterocycles. The Hall–Kier alpha value is -3.66. The largest absolute Gasteiger partial charge is 0.490 e. The van der Waals surface area contributed by atoms with Crippen LogP contribution in [-0.4, -0.2) is 90.5 Å². The van der Waals surface area contributed by atoms with Crippen LogP contribution >= 0.6 is 23.2 Å². The molecule has 1 aliphatic carbocycles. The maximum atomic E-state index is 14.1. The minimum Gasteiger partial charge on any atom is -0.475 e. The molecule has 0 unspecified atom stereocenters. The number of rotatable bonds is 3. The molecule has 3 aliphatic rings. The summed E-state index contributed by atoms with van der Waals surface area (Å²) in [4.78, 5) is 24.7. The number of hydrogen-bond acceptors (Lipinski definition) is 7. The van der Waals surface area contributed by atoms with Crippen LogP contribution in [0.4, 0.5) is 42.4 Å². The van der Waals surface area contributed by atoms with Crippen LogP contribution in [0.25, 0.3) is 21.8 Å². The zero-order valence-corrected chi connectivity index (χ0v) is 30.6. The number of nitrogens with zero attached hydrogens (tertiary/aromatic N) is 5. The molecule has 8 nitrogen and oxygen atoms in total. The number of anilines is 2. The minimum absolute atomic E-state index is 0.185. The number of nitrogens with one attached hydrogen (secondary N) is 1. The van der Waals surface area contributed by atoms with E-state index in [1.165, 1.54) is 44.2 Å². The summed E-state index contributed by atoms with van der Waals surface area (Å²) in [5.74, 6) is -3.91. The Balaban J connectivity index is 0.000000178. The average Bonchev–Trinajstić information content (AvgIpc) is 3.11. The summed E-state index contributed by atoms with van der Waals surface area (Å²) in [5.41, 5.74) is 2.02. The van der Waals surface area contributed by atoms with Crippen molar-refractivity contribution in [2.45, 2.75) is 58.2 Å². The summed E-state index contributed by atoms with van der Waals surface area (Å²) in [6, 6.07) is 4.88. The third-order valence-corrected chi connectivity index (χ3v) is 10.6. The highest BCUT2D eigenvalue weighted by molar-refractivity contribution is 6.37. The van der Waals surface area contributed by atoms with E-state index in [-0.39, 0.29) is 21.8 Å². The summed E-state index contributed by atoms with van der Waals surface area (Å²) in [6.07, 6.45) is 1.56. The van der Waals surface area contributed by atoms with Crippen molar-refractivity contribution >= 4 is 62.6 Å². The van der Waals surface area contributed by atoms with Gasteiger partial charge in [0.15, 0.2) is 0 Å². The van der Waals surface area contributed by atoms with Gasteiger partial charge in [-0.05, 0) is 26.7 Å². The average molecular weight is 792 g/mol. The fourth-order valence-corrected chi connectivity index (χ4v) is 7.48. The maximum Gasteiger partial charge on any atom is 0.490 e. The summed E-state index contributed by atoms with van der Waals surface area (Å²) in [5, 5.41) is 11.4. The van der Waals surface area contributed by atoms with Gasteiger partial charge in [-0.3, -0.25) is 4.90 Å². The zero-order chi connectivity index (χ0) is 38.6. The number of alkyl halides is 3. The molecule has 53 heavy (non-hydrogen) atoms. The first-order valence-corrected chi connectivity index (χ1v) is 18.0. The molecule has 0 radical (unpaired) electrons. The first-order valence-electron chi connectivity index (χ1n) is 17.2. The van der Waals surface area contributed by atoms with Gasteiger partial charge in [-0.15, -0.1) is 0 Å². The summed E-state index contributed by atoms with van der Waals surface area (Å²) >= 11 is 12.7. The van der Waals surface area contributed by atoms with Gasteiger partial charge in [0.05, 0.1) is 31.9 Å². The molecular formula is C36H39Cl2F7N6O2. The van der Waals surface area contributed by atoms with E-state index in [2.05, 4.69) is 30.0 Å². The van der Waals surface area contributed by atoms with Crippen molar-refractivity contribution in [2.75, 3.05) is 62.2 Å². The number of piperazine rings is 2. The van der Waals surface area contributed by atoms with E-state index < -0.39 is 35.4 Å². The Morgan fingerprint density at radius 2 is 1.15 bits per heavy atom. The number of carbonyl (C=O) groups is 1. The number of carboxylic acids is 1. The van der Waals surface area contributed by atoms with E-state index in [1.807, 2.05) is 13.8 Å². The summed E-state index contributed by atoms with van der Waals surface area (Å²) < 4.78 is 86.7. The van der Waals surface area contributed by atoms with Gasteiger partial charge in [-0.1, -0.05) is 42.5 Å². The molecule has 4 heterocycles. The molecule has 0 bridgehead atoms. The fourth-order valence-electron chi connectivity index (χ4n) is 6.94. The van der Waals surface area contributed by atoms with Gasteiger partial charge in [-0.2, -0.15) is 13.2 Å². The first kappa shape index (κ1) is 40.5. The Bertz CT molecular complexity index is 1950. The molecule has 0 atom stereocenters. The van der Waals surface area contributed by atoms with Gasteiger partial charge in [-0.25, -0.2) is 32.3 Å². The van der Waals surface area contributed by atoms with E-state index in [0.29, 0.717) is 21.9 Å². The van der Waals surface area contributed by atoms with Crippen LogP contribution in [0.15, 0.2) is 24.3 Å². The highest BCUT2D eigenvalue weighted by atomic mass is 35.5. The summed E-state index contributed by atoms with van der Waals surface area (Å²) in [7, 11) is 0. The quantitative estimate of drug-likeness (QED) is 0.200. The molecule has 0 spiro atoms. The van der Waals surface area contributed by atoms with Crippen molar-refractivity contribution in [1.82, 2.24) is 20.2 Å². The first-order chi connectivity index (χ1) is 25.1. The Kier molecular flexibility index (Phi) is 13.2. The topological polar surface area (TPSA) is 84.8 Å². The molecule has 2 saturated heterocycles. The third-order valence-electron chi connectivity index (χ3n) is 9.65. The van der Waals surface area contributed by atoms with Crippen LogP contribution in [0.5, 0.6) is 0 Å². The van der Waals surface area contributed by atoms with Crippen molar-refractivity contribution in [3.63, 3.8) is 0 Å². The smallest absolute Gasteiger partial charge is 0.475 e. The van der Waals surface area contributed by atoms with E-state index in [0.717, 1.165) is 81.4 Å². The Labute approximate surface area is 311 Å². The second-order valence-corrected chi connectivity index (χ2v) is 13.9. The van der Waals surface area contributed by atoms with E-state index in [9.17, 15) is 30.7 Å². The molecule has 17 heteroatoms. The van der Waals surface area contributed by atoms with Gasteiger partial charge in [0, 0.05) is 93.8 Å². The molecule has 288 valence electrons. The second kappa shape index (κ2) is 17.2. The van der Waals surface area contributed by atoms with Gasteiger partial charge < -0.3 is 20.2 Å². The highest BCUT2D eigenvalue weighted by Crippen LogP contribution is 2.36. The van der Waals surface area contributed by atoms with Crippen molar-refractivity contribution in [3.8, 4) is 0 Å². The van der Waals surface area contributed by atoms with Crippen molar-refractivity contribution in [1.29, 1.82) is 0 Å². The minimum atomic E-state index is -5.08. The van der Waals surface area contributed by atoms with Gasteiger partial charge in [0.25, 0.3) is 0 Å². The van der Waals surface area contributed by atoms with Crippen molar-refractivity contribution in [3.05, 3.63) is 68.7 Å². The zero-order valence-electron chi connectivity index (χ0n) is 29.1. The number of benzene rings is 2. The number of hydrogen-bond donors (Lipinski definition) is 2. The number of fused-ring (bicyclic) bond motifs is 2. The fraction of sp³-hybridized carbons (Fsp3) is 0.472. The Morgan fingerprint density at radius 3 is 1.57 bits per heavy atom. The molecular weight excluding hydrogens is 752 g/mol. The lowest BCUT2D eigenvalue weighted by atomic mass is 9.94. The lowest BCUT2D eigenvalue weighted by Crippen LogP contribution is -2.51. The molecule has 2 aliphatic heterocycles. The van der Waals surface area contributed by atoms with Crippen LogP contribution in [0.2, 0.25) is 10.0 Å². The normalized spacial score (nSPS) is 17.3. The monoisotopic (exact) mass is 790 g/mol. The molecule has 7 rings (SSSR count). The molecule has 1 saturated carbocycles. The maximum absolute atomic E-state index is 14.1. The SMILES string of the molecule is Cc1c(N2CCN(C3CCCCC3)CC2)nc2cc(F)cc(F)c2c1Cl.Cc1c(N2CCNCC2)nc2cc(F)cc(F)c2c1Cl.O=C(O)C(F)(F)F. The van der Waals surface area contributed by atoms with Gasteiger partial charge in [0.1, 0.15) is 34.9 Å². The molecule has 3 fully saturated rings. The summed E-state index contributed by atoms with van der Waals surface area (Å²) in [6.45, 7) is 10.7. The van der Waals surface area contributed by atoms with E-state index in [1.54, 1.807) is 0 Å². The molecule has 2 N–H and O–H groups in total. The van der Waals surface area contributed by atoms with E-state index >= 15 is 0 Å². The lowest BCUT2D eigenvalue weighted by molar-refractivity contribution is -0.192. The van der Waals surface area contributed by atoms with Crippen LogP contribution in [-0.2, 0) is 4.79 Å². The number of aromatic nitrogens is 2. The van der Waals surface area contributed by atoms with Crippen LogP contribution < -0.4 is 15.1 Å². The number of halogens is 9. The molecule has 0 amide bonds. The number of carboxylic acid groups (broad SMARTS) is 1. The van der Waals surface area contributed by atoms with Crippen molar-refractivity contribution in [2.24, 2.45) is 0 Å². The van der Waals surface area contributed by atoms with Crippen LogP contribution in [0.3, 0.4) is 0 Å². The van der Waals surface area contributed by atoms with Gasteiger partial charge in [0.2, 0.25) is 0 Å². The van der Waals surface area contributed by atoms with Crippen molar-refractivity contribution < 1.29 is 40.6 Å². The predicted octanol–water partition coefficient (Wildman–Crippen LogP) is 8.45. The molecule has 2 aromatic carbocycles.